The number of likely N-dealkylation sites (tertiary alicyclic amines) is 1. The summed E-state index contributed by atoms with van der Waals surface area (Å²) >= 11 is 0. The van der Waals surface area contributed by atoms with Crippen LogP contribution in [0.4, 0.5) is 4.39 Å². The molecule has 16 heavy (non-hydrogen) atoms. The van der Waals surface area contributed by atoms with Gasteiger partial charge in [0.25, 0.3) is 0 Å². The molecule has 88 valence electrons. The Morgan fingerprint density at radius 3 is 2.69 bits per heavy atom. The summed E-state index contributed by atoms with van der Waals surface area (Å²) in [6.45, 7) is 4.29. The van der Waals surface area contributed by atoms with Gasteiger partial charge in [0.2, 0.25) is 0 Å². The maximum atomic E-state index is 12.9. The van der Waals surface area contributed by atoms with Crippen molar-refractivity contribution in [1.82, 2.24) is 4.90 Å². The highest BCUT2D eigenvalue weighted by molar-refractivity contribution is 5.23. The van der Waals surface area contributed by atoms with Gasteiger partial charge in [-0.25, -0.2) is 4.39 Å². The first-order valence-corrected chi connectivity index (χ1v) is 5.97. The van der Waals surface area contributed by atoms with E-state index >= 15 is 0 Å². The number of benzene rings is 1. The van der Waals surface area contributed by atoms with Crippen molar-refractivity contribution >= 4 is 0 Å². The number of hydrogen-bond acceptors (Lipinski definition) is 2. The van der Waals surface area contributed by atoms with Crippen molar-refractivity contribution < 1.29 is 4.39 Å². The molecule has 0 saturated carbocycles. The van der Waals surface area contributed by atoms with Crippen LogP contribution in [-0.4, -0.2) is 24.0 Å². The standard InChI is InChI=1S/C13H19FN2/c1-2-8-16-9-7-12(15)13(16)10-3-5-11(14)6-4-10/h3-6,12-13H,2,7-9,15H2,1H3/t12-,13+/m1/s1. The van der Waals surface area contributed by atoms with Crippen molar-refractivity contribution in [3.05, 3.63) is 35.6 Å². The Morgan fingerprint density at radius 1 is 1.38 bits per heavy atom. The van der Waals surface area contributed by atoms with E-state index in [2.05, 4.69) is 11.8 Å². The van der Waals surface area contributed by atoms with Gasteiger partial charge >= 0.3 is 0 Å². The summed E-state index contributed by atoms with van der Waals surface area (Å²) in [4.78, 5) is 2.40. The molecular formula is C13H19FN2. The van der Waals surface area contributed by atoms with Gasteiger partial charge in [-0.05, 0) is 37.1 Å². The molecular weight excluding hydrogens is 203 g/mol. The molecule has 1 fully saturated rings. The molecule has 2 atom stereocenters. The van der Waals surface area contributed by atoms with Crippen molar-refractivity contribution in [2.75, 3.05) is 13.1 Å². The lowest BCUT2D eigenvalue weighted by Crippen LogP contribution is -2.32. The highest BCUT2D eigenvalue weighted by Crippen LogP contribution is 2.31. The third-order valence-corrected chi connectivity index (χ3v) is 3.27. The molecule has 0 spiro atoms. The van der Waals surface area contributed by atoms with Crippen molar-refractivity contribution in [3.63, 3.8) is 0 Å². The first-order chi connectivity index (χ1) is 7.72. The van der Waals surface area contributed by atoms with E-state index in [4.69, 9.17) is 5.73 Å². The van der Waals surface area contributed by atoms with E-state index in [0.29, 0.717) is 0 Å². The third kappa shape index (κ3) is 2.25. The fourth-order valence-electron chi connectivity index (χ4n) is 2.54. The molecule has 0 aromatic heterocycles. The second-order valence-corrected chi connectivity index (χ2v) is 4.48. The zero-order chi connectivity index (χ0) is 11.5. The predicted octanol–water partition coefficient (Wildman–Crippen LogP) is 2.31. The van der Waals surface area contributed by atoms with Crippen LogP contribution in [0.3, 0.4) is 0 Å². The zero-order valence-electron chi connectivity index (χ0n) is 9.70. The number of rotatable bonds is 3. The van der Waals surface area contributed by atoms with Gasteiger partial charge in [0.05, 0.1) is 0 Å². The molecule has 0 radical (unpaired) electrons. The zero-order valence-corrected chi connectivity index (χ0v) is 9.70. The van der Waals surface area contributed by atoms with Crippen molar-refractivity contribution in [1.29, 1.82) is 0 Å². The molecule has 0 aliphatic carbocycles. The topological polar surface area (TPSA) is 29.3 Å². The Morgan fingerprint density at radius 2 is 2.06 bits per heavy atom. The summed E-state index contributed by atoms with van der Waals surface area (Å²) in [5.74, 6) is -0.183. The average molecular weight is 222 g/mol. The molecule has 2 N–H and O–H groups in total. The van der Waals surface area contributed by atoms with Crippen LogP contribution in [0.15, 0.2) is 24.3 Å². The quantitative estimate of drug-likeness (QED) is 0.850. The van der Waals surface area contributed by atoms with E-state index in [0.717, 1.165) is 31.5 Å². The molecule has 3 heteroatoms. The molecule has 2 nitrogen and oxygen atoms in total. The minimum atomic E-state index is -0.183. The third-order valence-electron chi connectivity index (χ3n) is 3.27. The van der Waals surface area contributed by atoms with Crippen LogP contribution in [0, 0.1) is 5.82 Å². The lowest BCUT2D eigenvalue weighted by atomic mass is 10.0. The Hall–Kier alpha value is -0.930. The summed E-state index contributed by atoms with van der Waals surface area (Å²) in [7, 11) is 0. The van der Waals surface area contributed by atoms with Gasteiger partial charge in [-0.15, -0.1) is 0 Å². The minimum absolute atomic E-state index is 0.178. The van der Waals surface area contributed by atoms with Crippen molar-refractivity contribution in [2.45, 2.75) is 31.8 Å². The first-order valence-electron chi connectivity index (χ1n) is 5.97. The smallest absolute Gasteiger partial charge is 0.123 e. The number of nitrogens with zero attached hydrogens (tertiary/aromatic N) is 1. The highest BCUT2D eigenvalue weighted by Gasteiger charge is 2.31. The molecule has 1 aromatic rings. The minimum Gasteiger partial charge on any atom is -0.326 e. The summed E-state index contributed by atoms with van der Waals surface area (Å²) in [5, 5.41) is 0. The maximum Gasteiger partial charge on any atom is 0.123 e. The van der Waals surface area contributed by atoms with E-state index in [1.807, 2.05) is 12.1 Å². The second-order valence-electron chi connectivity index (χ2n) is 4.48. The summed E-state index contributed by atoms with van der Waals surface area (Å²) in [6, 6.07) is 7.19. The van der Waals surface area contributed by atoms with Crippen LogP contribution in [0.25, 0.3) is 0 Å². The summed E-state index contributed by atoms with van der Waals surface area (Å²) in [6.07, 6.45) is 2.16. The second kappa shape index (κ2) is 4.93. The van der Waals surface area contributed by atoms with Gasteiger partial charge in [0.15, 0.2) is 0 Å². The van der Waals surface area contributed by atoms with Gasteiger partial charge in [0.1, 0.15) is 5.82 Å². The lowest BCUT2D eigenvalue weighted by molar-refractivity contribution is 0.248. The molecule has 2 rings (SSSR count). The maximum absolute atomic E-state index is 12.9. The van der Waals surface area contributed by atoms with Crippen molar-refractivity contribution in [3.8, 4) is 0 Å². The molecule has 1 aliphatic rings. The van der Waals surface area contributed by atoms with E-state index in [-0.39, 0.29) is 17.9 Å². The van der Waals surface area contributed by atoms with Crippen LogP contribution in [0.1, 0.15) is 31.4 Å². The average Bonchev–Trinajstić information content (AvgIpc) is 2.62. The van der Waals surface area contributed by atoms with Crippen LogP contribution < -0.4 is 5.73 Å². The largest absolute Gasteiger partial charge is 0.326 e. The Balaban J connectivity index is 2.19. The Kier molecular flexibility index (Phi) is 3.56. The monoisotopic (exact) mass is 222 g/mol. The first kappa shape index (κ1) is 11.6. The van der Waals surface area contributed by atoms with Gasteiger partial charge in [0, 0.05) is 18.6 Å². The van der Waals surface area contributed by atoms with Gasteiger partial charge < -0.3 is 5.73 Å². The van der Waals surface area contributed by atoms with Crippen LogP contribution in [-0.2, 0) is 0 Å². The molecule has 1 saturated heterocycles. The van der Waals surface area contributed by atoms with Crippen molar-refractivity contribution in [2.24, 2.45) is 5.73 Å². The van der Waals surface area contributed by atoms with Gasteiger partial charge in [-0.1, -0.05) is 19.1 Å². The van der Waals surface area contributed by atoms with Gasteiger partial charge in [-0.3, -0.25) is 4.90 Å². The molecule has 1 aromatic carbocycles. The number of nitrogens with two attached hydrogens (primary N) is 1. The van der Waals surface area contributed by atoms with Crippen LogP contribution in [0.5, 0.6) is 0 Å². The fourth-order valence-corrected chi connectivity index (χ4v) is 2.54. The molecule has 0 unspecified atom stereocenters. The number of hydrogen-bond donors (Lipinski definition) is 1. The van der Waals surface area contributed by atoms with Crippen LogP contribution in [0.2, 0.25) is 0 Å². The highest BCUT2D eigenvalue weighted by atomic mass is 19.1. The molecule has 1 heterocycles. The van der Waals surface area contributed by atoms with E-state index in [9.17, 15) is 4.39 Å². The summed E-state index contributed by atoms with van der Waals surface area (Å²) in [5.41, 5.74) is 7.27. The lowest BCUT2D eigenvalue weighted by Gasteiger charge is -2.26. The van der Waals surface area contributed by atoms with Gasteiger partial charge in [-0.2, -0.15) is 0 Å². The predicted molar refractivity (Wildman–Crippen MR) is 63.6 cm³/mol. The SMILES string of the molecule is CCCN1CC[C@@H](N)[C@@H]1c1ccc(F)cc1. The molecule has 0 amide bonds. The fraction of sp³-hybridized carbons (Fsp3) is 0.538. The van der Waals surface area contributed by atoms with E-state index < -0.39 is 0 Å². The molecule has 1 aliphatic heterocycles. The number of halogens is 1. The summed E-state index contributed by atoms with van der Waals surface area (Å²) < 4.78 is 12.9. The van der Waals surface area contributed by atoms with E-state index in [1.54, 1.807) is 0 Å². The van der Waals surface area contributed by atoms with Crippen LogP contribution >= 0.6 is 0 Å². The Bertz CT molecular complexity index is 334. The molecule has 0 bridgehead atoms. The van der Waals surface area contributed by atoms with E-state index in [1.165, 1.54) is 12.1 Å². The normalized spacial score (nSPS) is 26.2. The Labute approximate surface area is 96.2 Å².